The average Bonchev–Trinajstić information content (AvgIpc) is 2.79. The molecule has 2 aromatic rings. The van der Waals surface area contributed by atoms with Gasteiger partial charge in [0.1, 0.15) is 11.6 Å². The summed E-state index contributed by atoms with van der Waals surface area (Å²) in [4.78, 5) is 49.2. The van der Waals surface area contributed by atoms with Gasteiger partial charge >= 0.3 is 12.0 Å². The lowest BCUT2D eigenvalue weighted by atomic mass is 9.97. The Hall–Kier alpha value is -4.21. The molecule has 0 bridgehead atoms. The molecular formula is C23H22FN3O6. The molecule has 0 spiro atoms. The molecule has 1 aliphatic heterocycles. The number of aliphatic carboxylic acids is 1. The van der Waals surface area contributed by atoms with Crippen molar-refractivity contribution in [1.82, 2.24) is 15.5 Å². The molecule has 33 heavy (non-hydrogen) atoms. The molecule has 9 nitrogen and oxygen atoms in total. The summed E-state index contributed by atoms with van der Waals surface area (Å²) in [6.07, 6.45) is 1.78. The largest absolute Gasteiger partial charge is 0.497 e. The first-order valence-corrected chi connectivity index (χ1v) is 9.91. The standard InChI is InChI=1S/C23H22FN3O6/c1-27-9-8-19(28)21(22(27)31)26-23(32)25-18(12-20(29)30)16-11-14(6-7-17(16)24)13-4-3-5-15(10-13)33-2/h3-11,18,21H,12H2,1-2H3,(H,29,30)(H2,25,26,32)/t18-,21?/m0/s1. The number of nitrogens with one attached hydrogen (secondary N) is 2. The van der Waals surface area contributed by atoms with Gasteiger partial charge in [0, 0.05) is 24.9 Å². The summed E-state index contributed by atoms with van der Waals surface area (Å²) >= 11 is 0. The van der Waals surface area contributed by atoms with Crippen LogP contribution in [0.5, 0.6) is 5.75 Å². The Labute approximate surface area is 188 Å². The molecule has 1 aliphatic rings. The van der Waals surface area contributed by atoms with E-state index in [1.54, 1.807) is 24.3 Å². The minimum atomic E-state index is -1.46. The molecule has 2 aromatic carbocycles. The lowest BCUT2D eigenvalue weighted by Crippen LogP contribution is -2.55. The number of nitrogens with zero attached hydrogens (tertiary/aromatic N) is 1. The molecule has 0 radical (unpaired) electrons. The fourth-order valence-corrected chi connectivity index (χ4v) is 3.35. The van der Waals surface area contributed by atoms with E-state index >= 15 is 0 Å². The molecule has 0 aromatic heterocycles. The van der Waals surface area contributed by atoms with E-state index in [0.29, 0.717) is 16.9 Å². The summed E-state index contributed by atoms with van der Waals surface area (Å²) in [6.45, 7) is 0. The Morgan fingerprint density at radius 2 is 1.91 bits per heavy atom. The first-order valence-electron chi connectivity index (χ1n) is 9.91. The Balaban J connectivity index is 1.87. The maximum atomic E-state index is 14.7. The third kappa shape index (κ3) is 5.53. The molecule has 0 aliphatic carbocycles. The van der Waals surface area contributed by atoms with Crippen LogP contribution in [0, 0.1) is 5.82 Å². The van der Waals surface area contributed by atoms with Crippen molar-refractivity contribution in [2.75, 3.05) is 14.2 Å². The highest BCUT2D eigenvalue weighted by Crippen LogP contribution is 2.29. The topological polar surface area (TPSA) is 125 Å². The van der Waals surface area contributed by atoms with Crippen LogP contribution in [0.4, 0.5) is 9.18 Å². The van der Waals surface area contributed by atoms with E-state index in [4.69, 9.17) is 4.74 Å². The number of ether oxygens (including phenoxy) is 1. The van der Waals surface area contributed by atoms with E-state index in [0.717, 1.165) is 11.0 Å². The van der Waals surface area contributed by atoms with Crippen molar-refractivity contribution in [3.63, 3.8) is 0 Å². The zero-order chi connectivity index (χ0) is 24.1. The maximum Gasteiger partial charge on any atom is 0.316 e. The van der Waals surface area contributed by atoms with Gasteiger partial charge in [0.05, 0.1) is 19.6 Å². The number of amides is 3. The number of carbonyl (C=O) groups is 4. The van der Waals surface area contributed by atoms with Gasteiger partial charge in [0.25, 0.3) is 5.91 Å². The third-order valence-corrected chi connectivity index (χ3v) is 5.08. The van der Waals surface area contributed by atoms with E-state index in [1.165, 1.54) is 38.6 Å². The van der Waals surface area contributed by atoms with E-state index in [-0.39, 0.29) is 5.56 Å². The summed E-state index contributed by atoms with van der Waals surface area (Å²) in [7, 11) is 2.93. The fraction of sp³-hybridized carbons (Fsp3) is 0.217. The lowest BCUT2D eigenvalue weighted by molar-refractivity contribution is -0.138. The van der Waals surface area contributed by atoms with Crippen molar-refractivity contribution in [3.05, 3.63) is 66.1 Å². The van der Waals surface area contributed by atoms with Gasteiger partial charge < -0.3 is 25.4 Å². The van der Waals surface area contributed by atoms with Gasteiger partial charge in [-0.1, -0.05) is 18.2 Å². The highest BCUT2D eigenvalue weighted by atomic mass is 19.1. The number of methoxy groups -OCH3 is 1. The van der Waals surface area contributed by atoms with Crippen LogP contribution in [0.1, 0.15) is 18.0 Å². The summed E-state index contributed by atoms with van der Waals surface area (Å²) in [6, 6.07) is 7.42. The number of hydrogen-bond donors (Lipinski definition) is 3. The fourth-order valence-electron chi connectivity index (χ4n) is 3.35. The predicted molar refractivity (Wildman–Crippen MR) is 116 cm³/mol. The summed E-state index contributed by atoms with van der Waals surface area (Å²) in [5, 5.41) is 13.9. The molecule has 0 saturated carbocycles. The second kappa shape index (κ2) is 9.94. The van der Waals surface area contributed by atoms with Crippen molar-refractivity contribution in [2.24, 2.45) is 0 Å². The monoisotopic (exact) mass is 455 g/mol. The van der Waals surface area contributed by atoms with Crippen LogP contribution in [0.3, 0.4) is 0 Å². The third-order valence-electron chi connectivity index (χ3n) is 5.08. The van der Waals surface area contributed by atoms with Gasteiger partial charge in [-0.05, 0) is 35.4 Å². The van der Waals surface area contributed by atoms with Gasteiger partial charge in [0.2, 0.25) is 0 Å². The highest BCUT2D eigenvalue weighted by Gasteiger charge is 2.33. The zero-order valence-corrected chi connectivity index (χ0v) is 17.9. The van der Waals surface area contributed by atoms with Gasteiger partial charge in [-0.2, -0.15) is 0 Å². The number of hydrogen-bond acceptors (Lipinski definition) is 5. The average molecular weight is 455 g/mol. The van der Waals surface area contributed by atoms with Crippen LogP contribution in [0.25, 0.3) is 11.1 Å². The number of carboxylic acid groups (broad SMARTS) is 1. The summed E-state index contributed by atoms with van der Waals surface area (Å²) < 4.78 is 19.9. The van der Waals surface area contributed by atoms with Crippen molar-refractivity contribution >= 4 is 23.7 Å². The molecule has 3 amide bonds. The molecular weight excluding hydrogens is 433 g/mol. The number of carboxylic acids is 1. The minimum absolute atomic E-state index is 0.0637. The first kappa shape index (κ1) is 23.5. The normalized spacial score (nSPS) is 16.3. The molecule has 172 valence electrons. The Kier molecular flexibility index (Phi) is 7.07. The second-order valence-corrected chi connectivity index (χ2v) is 7.34. The zero-order valence-electron chi connectivity index (χ0n) is 17.9. The molecule has 1 unspecified atom stereocenters. The van der Waals surface area contributed by atoms with Crippen LogP contribution in [-0.4, -0.2) is 53.9 Å². The van der Waals surface area contributed by atoms with Crippen molar-refractivity contribution in [3.8, 4) is 16.9 Å². The number of rotatable bonds is 7. The van der Waals surface area contributed by atoms with Gasteiger partial charge in [-0.3, -0.25) is 14.4 Å². The van der Waals surface area contributed by atoms with E-state index in [1.807, 2.05) is 0 Å². The molecule has 3 rings (SSSR count). The van der Waals surface area contributed by atoms with Crippen LogP contribution in [0.15, 0.2) is 54.7 Å². The van der Waals surface area contributed by atoms with Crippen LogP contribution in [0.2, 0.25) is 0 Å². The number of ketones is 1. The second-order valence-electron chi connectivity index (χ2n) is 7.34. The number of halogens is 1. The molecule has 10 heteroatoms. The molecule has 1 heterocycles. The van der Waals surface area contributed by atoms with Crippen molar-refractivity contribution in [2.45, 2.75) is 18.5 Å². The van der Waals surface area contributed by atoms with Crippen molar-refractivity contribution in [1.29, 1.82) is 0 Å². The molecule has 2 atom stereocenters. The highest BCUT2D eigenvalue weighted by molar-refractivity contribution is 6.14. The number of carbonyl (C=O) groups excluding carboxylic acids is 3. The van der Waals surface area contributed by atoms with Crippen molar-refractivity contribution < 1.29 is 33.4 Å². The summed E-state index contributed by atoms with van der Waals surface area (Å²) in [5.41, 5.74) is 1.21. The van der Waals surface area contributed by atoms with Crippen LogP contribution >= 0.6 is 0 Å². The Morgan fingerprint density at radius 1 is 1.18 bits per heavy atom. The summed E-state index contributed by atoms with van der Waals surface area (Å²) in [5.74, 6) is -2.70. The Bertz CT molecular complexity index is 1130. The van der Waals surface area contributed by atoms with Crippen LogP contribution in [-0.2, 0) is 14.4 Å². The van der Waals surface area contributed by atoms with Gasteiger partial charge in [-0.25, -0.2) is 9.18 Å². The quantitative estimate of drug-likeness (QED) is 0.550. The van der Waals surface area contributed by atoms with E-state index < -0.39 is 48.0 Å². The number of urea groups is 1. The Morgan fingerprint density at radius 3 is 2.61 bits per heavy atom. The molecule has 3 N–H and O–H groups in total. The lowest BCUT2D eigenvalue weighted by Gasteiger charge is -2.25. The van der Waals surface area contributed by atoms with E-state index in [2.05, 4.69) is 10.6 Å². The number of likely N-dealkylation sites (N-methyl/N-ethyl adjacent to an activating group) is 1. The first-order chi connectivity index (χ1) is 15.7. The van der Waals surface area contributed by atoms with Crippen LogP contribution < -0.4 is 15.4 Å². The van der Waals surface area contributed by atoms with E-state index in [9.17, 15) is 28.7 Å². The number of benzene rings is 2. The maximum absolute atomic E-state index is 14.7. The smallest absolute Gasteiger partial charge is 0.316 e. The minimum Gasteiger partial charge on any atom is -0.497 e. The molecule has 0 fully saturated rings. The van der Waals surface area contributed by atoms with Gasteiger partial charge in [0.15, 0.2) is 11.8 Å². The molecule has 0 saturated heterocycles. The van der Waals surface area contributed by atoms with Gasteiger partial charge in [-0.15, -0.1) is 0 Å². The predicted octanol–water partition coefficient (Wildman–Crippen LogP) is 2.24. The SMILES string of the molecule is COc1cccc(-c2ccc(F)c([C@H](CC(=O)O)NC(=O)NC3C(=O)C=CN(C)C3=O)c2)c1.